The second-order valence-electron chi connectivity index (χ2n) is 6.62. The molecule has 1 aliphatic carbocycles. The summed E-state index contributed by atoms with van der Waals surface area (Å²) in [6.45, 7) is 2.07. The summed E-state index contributed by atoms with van der Waals surface area (Å²) < 4.78 is 3.21. The molecule has 0 spiro atoms. The lowest BCUT2D eigenvalue weighted by Crippen LogP contribution is -2.39. The number of aryl methyl sites for hydroxylation is 1. The molecule has 1 aliphatic rings. The van der Waals surface area contributed by atoms with Gasteiger partial charge in [0.2, 0.25) is 23.9 Å². The Bertz CT molecular complexity index is 1020. The monoisotopic (exact) mass is 360 g/mol. The van der Waals surface area contributed by atoms with Crippen LogP contribution in [0, 0.1) is 6.92 Å². The van der Waals surface area contributed by atoms with Crippen LogP contribution in [0.1, 0.15) is 32.3 Å². The fourth-order valence-electron chi connectivity index (χ4n) is 3.26. The summed E-state index contributed by atoms with van der Waals surface area (Å²) in [5, 5.41) is 2.83. The topological polar surface area (TPSA) is 72.1 Å². The predicted molar refractivity (Wildman–Crippen MR) is 98.6 cm³/mol. The molecule has 1 heterocycles. The summed E-state index contributed by atoms with van der Waals surface area (Å²) in [4.78, 5) is 37.4. The van der Waals surface area contributed by atoms with Gasteiger partial charge in [-0.2, -0.15) is 0 Å². The number of anilines is 1. The Balaban J connectivity index is 1.48. The summed E-state index contributed by atoms with van der Waals surface area (Å²) in [7, 11) is 0. The summed E-state index contributed by atoms with van der Waals surface area (Å²) in [5.41, 5.74) is 2.74. The van der Waals surface area contributed by atoms with Gasteiger partial charge in [-0.1, -0.05) is 42.0 Å². The molecule has 2 aromatic carbocycles. The van der Waals surface area contributed by atoms with Gasteiger partial charge in [0.15, 0.2) is 6.54 Å². The summed E-state index contributed by atoms with van der Waals surface area (Å²) >= 11 is 0. The van der Waals surface area contributed by atoms with Crippen molar-refractivity contribution >= 4 is 23.2 Å². The Morgan fingerprint density at radius 2 is 1.67 bits per heavy atom. The highest BCUT2D eigenvalue weighted by molar-refractivity contribution is 6.27. The van der Waals surface area contributed by atoms with Gasteiger partial charge in [0.1, 0.15) is 12.4 Å². The first-order valence-electron chi connectivity index (χ1n) is 8.63. The van der Waals surface area contributed by atoms with Crippen molar-refractivity contribution in [2.75, 3.05) is 5.32 Å². The van der Waals surface area contributed by atoms with E-state index in [9.17, 15) is 14.4 Å². The molecule has 0 atom stereocenters. The molecule has 0 unspecified atom stereocenters. The minimum absolute atomic E-state index is 0.0862. The van der Waals surface area contributed by atoms with E-state index in [4.69, 9.17) is 0 Å². The Kier molecular flexibility index (Phi) is 4.16. The molecule has 1 amide bonds. The van der Waals surface area contributed by atoms with Gasteiger partial charge < -0.3 is 5.32 Å². The van der Waals surface area contributed by atoms with Gasteiger partial charge in [0, 0.05) is 16.8 Å². The number of hydrogen-bond donors (Lipinski definition) is 1. The number of nitrogens with zero attached hydrogens (tertiary/aromatic N) is 2. The third-order valence-electron chi connectivity index (χ3n) is 4.63. The number of Topliss-reactive ketones (excluding diaryl/α,β-unsaturated/α-hetero) is 2. The average Bonchev–Trinajstić information content (AvgIpc) is 3.20. The fraction of sp³-hybridized carbons (Fsp3) is 0.143. The zero-order valence-corrected chi connectivity index (χ0v) is 14.8. The van der Waals surface area contributed by atoms with E-state index in [0.29, 0.717) is 11.1 Å². The summed E-state index contributed by atoms with van der Waals surface area (Å²) in [6, 6.07) is 13.5. The van der Waals surface area contributed by atoms with Crippen molar-refractivity contribution in [2.24, 2.45) is 0 Å². The highest BCUT2D eigenvalue weighted by Gasteiger charge is 2.42. The smallest absolute Gasteiger partial charge is 0.266 e. The van der Waals surface area contributed by atoms with Gasteiger partial charge in [-0.15, -0.1) is 0 Å². The van der Waals surface area contributed by atoms with E-state index >= 15 is 0 Å². The first kappa shape index (κ1) is 16.9. The minimum atomic E-state index is -0.899. The number of hydrogen-bond acceptors (Lipinski definition) is 3. The van der Waals surface area contributed by atoms with E-state index in [-0.39, 0.29) is 24.0 Å². The van der Waals surface area contributed by atoms with Crippen molar-refractivity contribution in [3.05, 3.63) is 83.9 Å². The molecule has 0 aliphatic heterocycles. The van der Waals surface area contributed by atoms with E-state index in [2.05, 4.69) is 5.32 Å². The number of ketones is 2. The molecule has 0 radical (unpaired) electrons. The summed E-state index contributed by atoms with van der Waals surface area (Å²) in [6.07, 6.45) is 4.94. The number of nitrogens with one attached hydrogen (secondary N) is 1. The van der Waals surface area contributed by atoms with Crippen LogP contribution in [0.3, 0.4) is 0 Å². The zero-order valence-electron chi connectivity index (χ0n) is 14.8. The highest BCUT2D eigenvalue weighted by Crippen LogP contribution is 2.29. The van der Waals surface area contributed by atoms with Crippen LogP contribution in [0.5, 0.6) is 0 Å². The van der Waals surface area contributed by atoms with E-state index in [1.807, 2.05) is 31.2 Å². The molecule has 6 nitrogen and oxygen atoms in total. The molecule has 1 aromatic heterocycles. The molecule has 134 valence electrons. The molecule has 0 saturated carbocycles. The minimum Gasteiger partial charge on any atom is -0.323 e. The molecule has 3 aromatic rings. The third kappa shape index (κ3) is 3.17. The zero-order chi connectivity index (χ0) is 19.0. The van der Waals surface area contributed by atoms with Crippen LogP contribution < -0.4 is 9.88 Å². The number of imidazole rings is 1. The van der Waals surface area contributed by atoms with Crippen molar-refractivity contribution in [2.45, 2.75) is 19.5 Å². The second kappa shape index (κ2) is 6.64. The Morgan fingerprint density at radius 1 is 1.04 bits per heavy atom. The first-order chi connectivity index (χ1) is 13.0. The van der Waals surface area contributed by atoms with Crippen LogP contribution in [0.15, 0.2) is 67.3 Å². The quantitative estimate of drug-likeness (QED) is 0.573. The van der Waals surface area contributed by atoms with Gasteiger partial charge >= 0.3 is 0 Å². The van der Waals surface area contributed by atoms with Gasteiger partial charge in [-0.3, -0.25) is 14.4 Å². The second-order valence-corrected chi connectivity index (χ2v) is 6.62. The lowest BCUT2D eigenvalue weighted by molar-refractivity contribution is -0.683. The van der Waals surface area contributed by atoms with Crippen LogP contribution in [0.25, 0.3) is 0 Å². The normalized spacial score (nSPS) is 13.7. The third-order valence-corrected chi connectivity index (χ3v) is 4.63. The lowest BCUT2D eigenvalue weighted by Gasteiger charge is -2.04. The van der Waals surface area contributed by atoms with Crippen LogP contribution in [0.4, 0.5) is 5.69 Å². The predicted octanol–water partition coefficient (Wildman–Crippen LogP) is 2.34. The van der Waals surface area contributed by atoms with Gasteiger partial charge in [-0.25, -0.2) is 9.13 Å². The van der Waals surface area contributed by atoms with E-state index in [1.54, 1.807) is 52.1 Å². The van der Waals surface area contributed by atoms with Crippen LogP contribution in [0.2, 0.25) is 0 Å². The standard InChI is InChI=1S/C21H17N3O3/c1-14-6-8-15(9-7-14)22-18(25)12-23-10-11-24(13-23)19-20(26)16-4-2-3-5-17(16)21(19)27/h2-11,13,19H,12H2,1H3/p+1. The van der Waals surface area contributed by atoms with Crippen molar-refractivity contribution in [1.82, 2.24) is 4.57 Å². The van der Waals surface area contributed by atoms with Crippen molar-refractivity contribution in [1.29, 1.82) is 0 Å². The average molecular weight is 360 g/mol. The maximum absolute atomic E-state index is 12.6. The van der Waals surface area contributed by atoms with E-state index < -0.39 is 6.04 Å². The van der Waals surface area contributed by atoms with Crippen LogP contribution >= 0.6 is 0 Å². The maximum atomic E-state index is 12.6. The number of benzene rings is 2. The molecule has 6 heteroatoms. The van der Waals surface area contributed by atoms with Gasteiger partial charge in [-0.05, 0) is 19.1 Å². The van der Waals surface area contributed by atoms with Crippen molar-refractivity contribution in [3.63, 3.8) is 0 Å². The molecular weight excluding hydrogens is 342 g/mol. The molecule has 0 bridgehead atoms. The largest absolute Gasteiger partial charge is 0.323 e. The molecule has 4 rings (SSSR count). The molecule has 0 fully saturated rings. The molecule has 1 N–H and O–H groups in total. The Labute approximate surface area is 156 Å². The molecule has 27 heavy (non-hydrogen) atoms. The number of carbonyl (C=O) groups excluding carboxylic acids is 3. The highest BCUT2D eigenvalue weighted by atomic mass is 16.2. The summed E-state index contributed by atoms with van der Waals surface area (Å²) in [5.74, 6) is -0.626. The Morgan fingerprint density at radius 3 is 2.30 bits per heavy atom. The fourth-order valence-corrected chi connectivity index (χ4v) is 3.26. The van der Waals surface area contributed by atoms with Crippen LogP contribution in [-0.2, 0) is 11.3 Å². The molecule has 0 saturated heterocycles. The number of aromatic nitrogens is 2. The van der Waals surface area contributed by atoms with Gasteiger partial charge in [0.25, 0.3) is 5.91 Å². The lowest BCUT2D eigenvalue weighted by atomic mass is 10.1. The van der Waals surface area contributed by atoms with Gasteiger partial charge in [0.05, 0.1) is 0 Å². The maximum Gasteiger partial charge on any atom is 0.266 e. The van der Waals surface area contributed by atoms with Crippen LogP contribution in [-0.4, -0.2) is 22.0 Å². The first-order valence-corrected chi connectivity index (χ1v) is 8.63. The SMILES string of the molecule is Cc1ccc(NC(=O)C[n+]2ccn(C3C(=O)c4ccccc4C3=O)c2)cc1. The number of carbonyl (C=O) groups is 3. The van der Waals surface area contributed by atoms with E-state index in [0.717, 1.165) is 11.3 Å². The molecular formula is C21H18N3O3+. The Hall–Kier alpha value is -3.54. The number of rotatable bonds is 4. The van der Waals surface area contributed by atoms with Crippen molar-refractivity contribution in [3.8, 4) is 0 Å². The number of amides is 1. The van der Waals surface area contributed by atoms with E-state index in [1.165, 1.54) is 0 Å². The van der Waals surface area contributed by atoms with Crippen molar-refractivity contribution < 1.29 is 19.0 Å². The number of fused-ring (bicyclic) bond motifs is 1.